The van der Waals surface area contributed by atoms with Gasteiger partial charge in [0.15, 0.2) is 18.0 Å². The summed E-state index contributed by atoms with van der Waals surface area (Å²) in [5.41, 5.74) is 0. The molecule has 1 fully saturated rings. The van der Waals surface area contributed by atoms with Crippen LogP contribution in [0.5, 0.6) is 0 Å². The third-order valence-electron chi connectivity index (χ3n) is 1.34. The molecule has 0 radical (unpaired) electrons. The molecule has 1 aliphatic heterocycles. The molecule has 0 N–H and O–H groups in total. The summed E-state index contributed by atoms with van der Waals surface area (Å²) in [5, 5.41) is 0. The molecule has 52 valence electrons. The van der Waals surface area contributed by atoms with Crippen LogP contribution in [0.1, 0.15) is 6.92 Å². The summed E-state index contributed by atoms with van der Waals surface area (Å²) in [7, 11) is 2.12. The molecule has 0 bridgehead atoms. The average molecular weight is 163 g/mol. The first-order valence-electron chi connectivity index (χ1n) is 2.98. The number of likely N-dealkylation sites (N-methyl/N-ethyl adjacent to an activating group) is 1. The molecular weight excluding hydrogens is 152 g/mol. The first-order chi connectivity index (χ1) is 4.20. The second kappa shape index (κ2) is 2.94. The van der Waals surface area contributed by atoms with Gasteiger partial charge in [0.05, 0.1) is 6.54 Å². The zero-order valence-corrected chi connectivity index (χ0v) is 7.34. The van der Waals surface area contributed by atoms with Crippen molar-refractivity contribution in [3.63, 3.8) is 0 Å². The third kappa shape index (κ3) is 1.88. The number of nitrogens with zero attached hydrogens (tertiary/aromatic N) is 2. The Kier molecular flexibility index (Phi) is 2.43. The van der Waals surface area contributed by atoms with Crippen LogP contribution in [0.25, 0.3) is 0 Å². The summed E-state index contributed by atoms with van der Waals surface area (Å²) in [6.45, 7) is 3.24. The fourth-order valence-electron chi connectivity index (χ4n) is 0.853. The summed E-state index contributed by atoms with van der Waals surface area (Å²) in [5.74, 6) is 1.04. The molecule has 0 aromatic carbocycles. The Hall–Kier alpha value is 0.330. The topological polar surface area (TPSA) is 6.25 Å². The maximum Gasteiger partial charge on any atom is 0.279 e. The predicted molar refractivity (Wildman–Crippen MR) is 42.2 cm³/mol. The van der Waals surface area contributed by atoms with Crippen LogP contribution >= 0.6 is 11.9 Å². The predicted octanol–water partition coefficient (Wildman–Crippen LogP) is 0.669. The zero-order valence-electron chi connectivity index (χ0n) is 5.70. The average Bonchev–Trinajstić information content (AvgIpc) is 1.80. The molecule has 0 aliphatic carbocycles. The molecule has 0 aromatic rings. The Bertz CT molecular complexity index is 126. The van der Waals surface area contributed by atoms with E-state index in [4.69, 9.17) is 12.4 Å². The van der Waals surface area contributed by atoms with Gasteiger partial charge < -0.3 is 0 Å². The molecule has 1 saturated heterocycles. The molecule has 1 atom stereocenters. The Morgan fingerprint density at radius 1 is 1.78 bits per heavy atom. The van der Waals surface area contributed by atoms with Gasteiger partial charge in [-0.2, -0.15) is 0 Å². The lowest BCUT2D eigenvalue weighted by atomic mass is 10.3. The van der Waals surface area contributed by atoms with Crippen molar-refractivity contribution in [3.8, 4) is 0 Å². The van der Waals surface area contributed by atoms with Crippen LogP contribution in [-0.4, -0.2) is 33.8 Å². The quantitative estimate of drug-likeness (QED) is 0.383. The summed E-state index contributed by atoms with van der Waals surface area (Å²) in [4.78, 5) is 2.28. The second-order valence-corrected chi connectivity index (χ2v) is 3.97. The van der Waals surface area contributed by atoms with Crippen molar-refractivity contribution in [2.75, 3.05) is 19.5 Å². The van der Waals surface area contributed by atoms with Crippen molar-refractivity contribution in [2.24, 2.45) is 0 Å². The van der Waals surface area contributed by atoms with Crippen molar-refractivity contribution >= 4 is 24.4 Å². The minimum Gasteiger partial charge on any atom is -0.285 e. The van der Waals surface area contributed by atoms with Gasteiger partial charge in [-0.05, 0) is 7.05 Å². The molecular formula is C5H11N2S2+. The van der Waals surface area contributed by atoms with E-state index in [0.717, 1.165) is 12.4 Å². The van der Waals surface area contributed by atoms with E-state index in [0.29, 0.717) is 6.04 Å². The largest absolute Gasteiger partial charge is 0.285 e. The minimum atomic E-state index is 0.517. The third-order valence-corrected chi connectivity index (χ3v) is 3.19. The molecule has 1 rings (SSSR count). The lowest BCUT2D eigenvalue weighted by molar-refractivity contribution is -0.370. The zero-order chi connectivity index (χ0) is 6.85. The van der Waals surface area contributed by atoms with Gasteiger partial charge in [0, 0.05) is 6.92 Å². The standard InChI is InChI=1S/C5H11N2S2/c1-5-3-6(2)4-9-7(5)8/h5H,3-4H2,1-2H3/q+1. The molecule has 1 unspecified atom stereocenters. The summed E-state index contributed by atoms with van der Waals surface area (Å²) in [6, 6.07) is 0.517. The van der Waals surface area contributed by atoms with Crippen LogP contribution in [0.15, 0.2) is 0 Å². The Morgan fingerprint density at radius 2 is 2.44 bits per heavy atom. The fourth-order valence-corrected chi connectivity index (χ4v) is 1.80. The van der Waals surface area contributed by atoms with E-state index in [-0.39, 0.29) is 0 Å². The molecule has 4 heteroatoms. The van der Waals surface area contributed by atoms with Crippen LogP contribution in [0, 0.1) is 0 Å². The Morgan fingerprint density at radius 3 is 2.89 bits per heavy atom. The number of rotatable bonds is 0. The van der Waals surface area contributed by atoms with Crippen LogP contribution in [-0.2, 0) is 12.4 Å². The highest BCUT2D eigenvalue weighted by Gasteiger charge is 2.25. The van der Waals surface area contributed by atoms with Crippen molar-refractivity contribution < 1.29 is 3.35 Å². The SMILES string of the molecule is CC1CN(C)CS[N+]1=S. The van der Waals surface area contributed by atoms with Crippen molar-refractivity contribution in [1.29, 1.82) is 0 Å². The molecule has 0 spiro atoms. The van der Waals surface area contributed by atoms with E-state index in [1.165, 1.54) is 0 Å². The van der Waals surface area contributed by atoms with Gasteiger partial charge in [0.25, 0.3) is 12.4 Å². The first-order valence-corrected chi connectivity index (χ1v) is 4.28. The first kappa shape index (κ1) is 7.44. The second-order valence-electron chi connectivity index (χ2n) is 2.43. The van der Waals surface area contributed by atoms with Gasteiger partial charge >= 0.3 is 0 Å². The molecule has 0 amide bonds. The lowest BCUT2D eigenvalue weighted by Gasteiger charge is -2.20. The van der Waals surface area contributed by atoms with Gasteiger partial charge in [0.1, 0.15) is 5.88 Å². The van der Waals surface area contributed by atoms with Crippen LogP contribution in [0.2, 0.25) is 0 Å². The highest BCUT2D eigenvalue weighted by Crippen LogP contribution is 2.14. The van der Waals surface area contributed by atoms with E-state index in [2.05, 4.69) is 18.9 Å². The van der Waals surface area contributed by atoms with Gasteiger partial charge in [0.2, 0.25) is 0 Å². The molecule has 1 aliphatic rings. The van der Waals surface area contributed by atoms with E-state index >= 15 is 0 Å². The minimum absolute atomic E-state index is 0.517. The van der Waals surface area contributed by atoms with E-state index in [1.807, 2.05) is 3.35 Å². The molecule has 1 heterocycles. The summed E-state index contributed by atoms with van der Waals surface area (Å²) < 4.78 is 1.90. The monoisotopic (exact) mass is 163 g/mol. The molecule has 2 nitrogen and oxygen atoms in total. The van der Waals surface area contributed by atoms with E-state index in [9.17, 15) is 0 Å². The molecule has 0 saturated carbocycles. The molecule has 9 heavy (non-hydrogen) atoms. The number of hydrogen-bond acceptors (Lipinski definition) is 3. The molecule has 0 aromatic heterocycles. The van der Waals surface area contributed by atoms with Gasteiger partial charge in [-0.3, -0.25) is 4.90 Å². The summed E-state index contributed by atoms with van der Waals surface area (Å²) >= 11 is 6.74. The summed E-state index contributed by atoms with van der Waals surface area (Å²) in [6.07, 6.45) is 0. The van der Waals surface area contributed by atoms with Gasteiger partial charge in [-0.15, -0.1) is 0 Å². The highest BCUT2D eigenvalue weighted by molar-refractivity contribution is 7.94. The van der Waals surface area contributed by atoms with Crippen LogP contribution < -0.4 is 0 Å². The van der Waals surface area contributed by atoms with Crippen molar-refractivity contribution in [1.82, 2.24) is 4.90 Å². The van der Waals surface area contributed by atoms with Crippen LogP contribution in [0.3, 0.4) is 0 Å². The maximum atomic E-state index is 5.03. The van der Waals surface area contributed by atoms with Crippen LogP contribution in [0.4, 0.5) is 0 Å². The normalized spacial score (nSPS) is 30.9. The van der Waals surface area contributed by atoms with Crippen molar-refractivity contribution in [2.45, 2.75) is 13.0 Å². The van der Waals surface area contributed by atoms with Gasteiger partial charge in [-0.25, -0.2) is 0 Å². The van der Waals surface area contributed by atoms with E-state index < -0.39 is 0 Å². The van der Waals surface area contributed by atoms with Gasteiger partial charge in [-0.1, -0.05) is 3.35 Å². The lowest BCUT2D eigenvalue weighted by Crippen LogP contribution is -2.37. The fraction of sp³-hybridized carbons (Fsp3) is 1.00. The number of hydrogen-bond donors (Lipinski definition) is 0. The maximum absolute atomic E-state index is 5.03. The van der Waals surface area contributed by atoms with E-state index in [1.54, 1.807) is 11.9 Å². The smallest absolute Gasteiger partial charge is 0.279 e. The van der Waals surface area contributed by atoms with Crippen molar-refractivity contribution in [3.05, 3.63) is 0 Å². The Balaban J connectivity index is 2.44. The highest BCUT2D eigenvalue weighted by atomic mass is 32.2. The Labute approximate surface area is 65.5 Å².